The van der Waals surface area contributed by atoms with E-state index in [1.807, 2.05) is 44.2 Å². The van der Waals surface area contributed by atoms with Crippen LogP contribution in [0.1, 0.15) is 13.8 Å². The summed E-state index contributed by atoms with van der Waals surface area (Å²) in [6, 6.07) is 2.25. The minimum atomic E-state index is -0.521. The third-order valence-corrected chi connectivity index (χ3v) is 2.26. The van der Waals surface area contributed by atoms with Crippen LogP contribution in [-0.2, 0) is 0 Å². The lowest BCUT2D eigenvalue weighted by Gasteiger charge is -2.07. The minimum Gasteiger partial charge on any atom is -0.197 e. The van der Waals surface area contributed by atoms with Crippen LogP contribution in [-0.4, -0.2) is 0 Å². The summed E-state index contributed by atoms with van der Waals surface area (Å²) in [7, 11) is 0. The standard InChI is InChI=1S/C13H13N/c1-4-11-6-8-13(3,10-14)9-7-12(11)5-2/h5-9H,1H2,2-3H3/b12-5-. The van der Waals surface area contributed by atoms with Crippen LogP contribution in [0.3, 0.4) is 0 Å². The number of hydrogen-bond acceptors (Lipinski definition) is 1. The summed E-state index contributed by atoms with van der Waals surface area (Å²) in [5.41, 5.74) is 4.32. The second-order valence-electron chi connectivity index (χ2n) is 3.40. The molecule has 14 heavy (non-hydrogen) atoms. The maximum Gasteiger partial charge on any atom is 0.0912 e. The average molecular weight is 183 g/mol. The fourth-order valence-electron chi connectivity index (χ4n) is 1.25. The summed E-state index contributed by atoms with van der Waals surface area (Å²) in [4.78, 5) is 0. The molecule has 1 rings (SSSR count). The molecule has 0 saturated carbocycles. The van der Waals surface area contributed by atoms with Crippen molar-refractivity contribution >= 4 is 0 Å². The lowest BCUT2D eigenvalue weighted by Crippen LogP contribution is -2.03. The van der Waals surface area contributed by atoms with Crippen molar-refractivity contribution in [3.63, 3.8) is 0 Å². The van der Waals surface area contributed by atoms with E-state index in [1.54, 1.807) is 0 Å². The Balaban J connectivity index is 3.28. The van der Waals surface area contributed by atoms with Crippen LogP contribution in [0, 0.1) is 16.7 Å². The summed E-state index contributed by atoms with van der Waals surface area (Å²) in [6.45, 7) is 7.46. The lowest BCUT2D eigenvalue weighted by atomic mass is 9.92. The van der Waals surface area contributed by atoms with Crippen molar-refractivity contribution in [2.45, 2.75) is 13.8 Å². The Morgan fingerprint density at radius 3 is 2.57 bits per heavy atom. The molecule has 0 N–H and O–H groups in total. The monoisotopic (exact) mass is 183 g/mol. The molecule has 70 valence electrons. The molecule has 0 aromatic carbocycles. The molecule has 0 fully saturated rings. The summed E-state index contributed by atoms with van der Waals surface area (Å²) in [5.74, 6) is 0. The highest BCUT2D eigenvalue weighted by molar-refractivity contribution is 5.49. The average Bonchev–Trinajstić information content (AvgIpc) is 2.38. The van der Waals surface area contributed by atoms with Crippen LogP contribution >= 0.6 is 0 Å². The van der Waals surface area contributed by atoms with Crippen LogP contribution < -0.4 is 0 Å². The van der Waals surface area contributed by atoms with Gasteiger partial charge in [-0.25, -0.2) is 0 Å². The summed E-state index contributed by atoms with van der Waals surface area (Å²) in [5, 5.41) is 8.98. The molecular formula is C13H13N. The zero-order valence-corrected chi connectivity index (χ0v) is 8.54. The minimum absolute atomic E-state index is 0.521. The molecule has 1 aliphatic carbocycles. The van der Waals surface area contributed by atoms with E-state index in [2.05, 4.69) is 18.4 Å². The second kappa shape index (κ2) is 3.96. The van der Waals surface area contributed by atoms with Crippen LogP contribution in [0.15, 0.2) is 53.8 Å². The second-order valence-corrected chi connectivity index (χ2v) is 3.40. The molecule has 0 spiro atoms. The first kappa shape index (κ1) is 10.3. The van der Waals surface area contributed by atoms with Crippen molar-refractivity contribution in [1.29, 1.82) is 5.26 Å². The van der Waals surface area contributed by atoms with E-state index in [4.69, 9.17) is 5.26 Å². The van der Waals surface area contributed by atoms with Crippen molar-refractivity contribution in [2.75, 3.05) is 0 Å². The zero-order chi connectivity index (χ0) is 10.6. The molecule has 1 aliphatic rings. The number of nitriles is 1. The van der Waals surface area contributed by atoms with E-state index < -0.39 is 5.41 Å². The molecule has 1 unspecified atom stereocenters. The third-order valence-electron chi connectivity index (χ3n) is 2.26. The largest absolute Gasteiger partial charge is 0.197 e. The molecule has 0 saturated heterocycles. The molecule has 0 aliphatic heterocycles. The molecular weight excluding hydrogens is 170 g/mol. The topological polar surface area (TPSA) is 23.8 Å². The van der Waals surface area contributed by atoms with E-state index in [0.29, 0.717) is 0 Å². The van der Waals surface area contributed by atoms with E-state index >= 15 is 0 Å². The molecule has 1 heteroatoms. The van der Waals surface area contributed by atoms with Crippen molar-refractivity contribution < 1.29 is 0 Å². The highest BCUT2D eigenvalue weighted by atomic mass is 14.3. The van der Waals surface area contributed by atoms with Gasteiger partial charge in [-0.05, 0) is 25.5 Å². The molecule has 0 bridgehead atoms. The van der Waals surface area contributed by atoms with Gasteiger partial charge in [-0.1, -0.05) is 30.9 Å². The first-order valence-corrected chi connectivity index (χ1v) is 4.51. The van der Waals surface area contributed by atoms with Gasteiger partial charge >= 0.3 is 0 Å². The van der Waals surface area contributed by atoms with Gasteiger partial charge in [0, 0.05) is 5.57 Å². The first-order valence-electron chi connectivity index (χ1n) is 4.51. The maximum absolute atomic E-state index is 8.98. The van der Waals surface area contributed by atoms with Crippen molar-refractivity contribution in [3.8, 4) is 6.07 Å². The van der Waals surface area contributed by atoms with E-state index in [1.165, 1.54) is 0 Å². The van der Waals surface area contributed by atoms with Crippen LogP contribution in [0.2, 0.25) is 0 Å². The summed E-state index contributed by atoms with van der Waals surface area (Å²) in [6.07, 6.45) is 9.58. The van der Waals surface area contributed by atoms with E-state index in [-0.39, 0.29) is 0 Å². The normalized spacial score (nSPS) is 28.4. The molecule has 0 aromatic heterocycles. The zero-order valence-electron chi connectivity index (χ0n) is 8.54. The maximum atomic E-state index is 8.98. The number of allylic oxidation sites excluding steroid dienone is 7. The summed E-state index contributed by atoms with van der Waals surface area (Å²) < 4.78 is 0. The third kappa shape index (κ3) is 1.93. The van der Waals surface area contributed by atoms with Gasteiger partial charge in [0.2, 0.25) is 0 Å². The van der Waals surface area contributed by atoms with Crippen molar-refractivity contribution in [2.24, 2.45) is 5.41 Å². The first-order chi connectivity index (χ1) is 6.65. The molecule has 0 aromatic rings. The van der Waals surface area contributed by atoms with E-state index in [0.717, 1.165) is 11.1 Å². The Hall–Kier alpha value is -1.77. The van der Waals surface area contributed by atoms with Gasteiger partial charge in [0.15, 0.2) is 0 Å². The Bertz CT molecular complexity index is 409. The van der Waals surface area contributed by atoms with Gasteiger partial charge in [-0.3, -0.25) is 0 Å². The van der Waals surface area contributed by atoms with Crippen molar-refractivity contribution in [3.05, 3.63) is 53.8 Å². The highest BCUT2D eigenvalue weighted by Gasteiger charge is 2.18. The molecule has 1 atom stereocenters. The Kier molecular flexibility index (Phi) is 2.92. The van der Waals surface area contributed by atoms with Gasteiger partial charge in [0.1, 0.15) is 0 Å². The van der Waals surface area contributed by atoms with Crippen LogP contribution in [0.5, 0.6) is 0 Å². The Morgan fingerprint density at radius 1 is 1.43 bits per heavy atom. The molecule has 0 heterocycles. The summed E-state index contributed by atoms with van der Waals surface area (Å²) >= 11 is 0. The van der Waals surface area contributed by atoms with Gasteiger partial charge < -0.3 is 0 Å². The van der Waals surface area contributed by atoms with Crippen LogP contribution in [0.4, 0.5) is 0 Å². The number of nitrogens with zero attached hydrogens (tertiary/aromatic N) is 1. The number of hydrogen-bond donors (Lipinski definition) is 0. The quantitative estimate of drug-likeness (QED) is 0.528. The predicted molar refractivity (Wildman–Crippen MR) is 58.4 cm³/mol. The molecule has 0 amide bonds. The molecule has 0 radical (unpaired) electrons. The van der Waals surface area contributed by atoms with Gasteiger partial charge in [0.05, 0.1) is 11.5 Å². The Morgan fingerprint density at radius 2 is 2.07 bits per heavy atom. The van der Waals surface area contributed by atoms with Crippen molar-refractivity contribution in [1.82, 2.24) is 0 Å². The Labute approximate surface area is 85.1 Å². The fourth-order valence-corrected chi connectivity index (χ4v) is 1.25. The van der Waals surface area contributed by atoms with Gasteiger partial charge in [0.25, 0.3) is 0 Å². The van der Waals surface area contributed by atoms with Gasteiger partial charge in [-0.15, -0.1) is 5.73 Å². The van der Waals surface area contributed by atoms with Gasteiger partial charge in [-0.2, -0.15) is 5.26 Å². The molecule has 1 nitrogen and oxygen atoms in total. The highest BCUT2D eigenvalue weighted by Crippen LogP contribution is 2.26. The lowest BCUT2D eigenvalue weighted by molar-refractivity contribution is 0.737. The smallest absolute Gasteiger partial charge is 0.0912 e. The number of rotatable bonds is 0. The SMILES string of the molecule is C=C=C1C=CC(C)(C#N)C=C/C1=C/C. The van der Waals surface area contributed by atoms with Crippen LogP contribution in [0.25, 0.3) is 0 Å². The predicted octanol–water partition coefficient (Wildman–Crippen LogP) is 3.30. The fraction of sp³-hybridized carbons (Fsp3) is 0.231. The van der Waals surface area contributed by atoms with E-state index in [9.17, 15) is 0 Å².